The minimum Gasteiger partial charge on any atom is -0.396 e. The molecule has 1 aromatic rings. The van der Waals surface area contributed by atoms with Gasteiger partial charge in [-0.1, -0.05) is 0 Å². The Morgan fingerprint density at radius 2 is 1.73 bits per heavy atom. The molecule has 0 radical (unpaired) electrons. The average Bonchev–Trinajstić information content (AvgIpc) is 2.16. The minimum absolute atomic E-state index is 0.165. The number of rotatable bonds is 6. The van der Waals surface area contributed by atoms with Crippen LogP contribution >= 0.6 is 11.8 Å². The van der Waals surface area contributed by atoms with Gasteiger partial charge in [-0.15, -0.1) is 0 Å². The summed E-state index contributed by atoms with van der Waals surface area (Å²) in [6, 6.07) is 0. The molecule has 7 heteroatoms. The molecular weight excluding hydrogens is 214 g/mol. The number of hydrogen-bond acceptors (Lipinski definition) is 7. The second kappa shape index (κ2) is 6.41. The zero-order chi connectivity index (χ0) is 11.1. The van der Waals surface area contributed by atoms with Crippen molar-refractivity contribution in [3.8, 4) is 0 Å². The standard InChI is InChI=1S/C8H15N5OS/c9-7-11-6(12-8(10)13-7)2-5-15-4-1-3-14/h14H,1-5H2,(H4,9,10,11,12,13). The van der Waals surface area contributed by atoms with Gasteiger partial charge in [-0.3, -0.25) is 0 Å². The predicted octanol–water partition coefficient (Wildman–Crippen LogP) is -0.306. The summed E-state index contributed by atoms with van der Waals surface area (Å²) in [5.41, 5.74) is 10.9. The normalized spacial score (nSPS) is 10.5. The van der Waals surface area contributed by atoms with E-state index in [1.54, 1.807) is 11.8 Å². The second-order valence-corrected chi connectivity index (χ2v) is 4.13. The molecule has 0 unspecified atom stereocenters. The Hall–Kier alpha value is -1.08. The van der Waals surface area contributed by atoms with Crippen LogP contribution in [0.2, 0.25) is 0 Å². The van der Waals surface area contributed by atoms with Gasteiger partial charge in [-0.05, 0) is 12.2 Å². The van der Waals surface area contributed by atoms with E-state index in [4.69, 9.17) is 16.6 Å². The van der Waals surface area contributed by atoms with Crippen LogP contribution in [0.5, 0.6) is 0 Å². The van der Waals surface area contributed by atoms with Crippen LogP contribution < -0.4 is 11.5 Å². The molecule has 0 aromatic carbocycles. The molecule has 0 fully saturated rings. The number of aromatic nitrogens is 3. The monoisotopic (exact) mass is 229 g/mol. The number of nitrogen functional groups attached to an aromatic ring is 2. The lowest BCUT2D eigenvalue weighted by atomic mass is 10.4. The first-order valence-corrected chi connectivity index (χ1v) is 5.82. The lowest BCUT2D eigenvalue weighted by molar-refractivity contribution is 0.296. The molecule has 0 spiro atoms. The Bertz CT molecular complexity index is 289. The maximum absolute atomic E-state index is 8.58. The maximum atomic E-state index is 8.58. The first-order chi connectivity index (χ1) is 7.22. The van der Waals surface area contributed by atoms with E-state index < -0.39 is 0 Å². The molecule has 0 saturated carbocycles. The first-order valence-electron chi connectivity index (χ1n) is 4.67. The molecule has 1 rings (SSSR count). The fourth-order valence-electron chi connectivity index (χ4n) is 1.00. The molecule has 84 valence electrons. The molecule has 0 saturated heterocycles. The lowest BCUT2D eigenvalue weighted by Gasteiger charge is -2.01. The van der Waals surface area contributed by atoms with Crippen LogP contribution in [0.15, 0.2) is 0 Å². The molecule has 1 heterocycles. The Morgan fingerprint density at radius 3 is 2.33 bits per heavy atom. The van der Waals surface area contributed by atoms with Gasteiger partial charge in [0.2, 0.25) is 11.9 Å². The summed E-state index contributed by atoms with van der Waals surface area (Å²) in [5.74, 6) is 2.78. The van der Waals surface area contributed by atoms with E-state index >= 15 is 0 Å². The summed E-state index contributed by atoms with van der Waals surface area (Å²) in [6.45, 7) is 0.235. The smallest absolute Gasteiger partial charge is 0.225 e. The van der Waals surface area contributed by atoms with Gasteiger partial charge in [0.05, 0.1) is 0 Å². The van der Waals surface area contributed by atoms with E-state index in [0.29, 0.717) is 12.2 Å². The number of nitrogens with two attached hydrogens (primary N) is 2. The highest BCUT2D eigenvalue weighted by Gasteiger charge is 2.01. The summed E-state index contributed by atoms with van der Waals surface area (Å²) in [5, 5.41) is 8.58. The van der Waals surface area contributed by atoms with Gasteiger partial charge in [-0.2, -0.15) is 26.7 Å². The quantitative estimate of drug-likeness (QED) is 0.574. The molecule has 0 bridgehead atoms. The number of hydrogen-bond donors (Lipinski definition) is 3. The van der Waals surface area contributed by atoms with Crippen molar-refractivity contribution < 1.29 is 5.11 Å². The van der Waals surface area contributed by atoms with Crippen LogP contribution in [-0.2, 0) is 6.42 Å². The zero-order valence-electron chi connectivity index (χ0n) is 8.39. The molecule has 1 aromatic heterocycles. The maximum Gasteiger partial charge on any atom is 0.225 e. The molecule has 15 heavy (non-hydrogen) atoms. The van der Waals surface area contributed by atoms with Crippen molar-refractivity contribution in [3.63, 3.8) is 0 Å². The number of aliphatic hydroxyl groups is 1. The van der Waals surface area contributed by atoms with Crippen molar-refractivity contribution in [1.82, 2.24) is 15.0 Å². The number of aliphatic hydroxyl groups excluding tert-OH is 1. The van der Waals surface area contributed by atoms with E-state index in [2.05, 4.69) is 15.0 Å². The summed E-state index contributed by atoms with van der Waals surface area (Å²) >= 11 is 1.74. The molecule has 0 aliphatic carbocycles. The number of nitrogens with zero attached hydrogens (tertiary/aromatic N) is 3. The number of aryl methyl sites for hydroxylation is 1. The van der Waals surface area contributed by atoms with Crippen molar-refractivity contribution >= 4 is 23.7 Å². The third-order valence-corrected chi connectivity index (χ3v) is 2.70. The molecular formula is C8H15N5OS. The molecule has 5 N–H and O–H groups in total. The molecule has 0 aliphatic rings. The van der Waals surface area contributed by atoms with Crippen LogP contribution in [0.3, 0.4) is 0 Å². The highest BCUT2D eigenvalue weighted by atomic mass is 32.2. The van der Waals surface area contributed by atoms with Crippen LogP contribution in [0.1, 0.15) is 12.2 Å². The SMILES string of the molecule is Nc1nc(N)nc(CCSCCCO)n1. The first kappa shape index (κ1) is 12.0. The molecule has 0 atom stereocenters. The van der Waals surface area contributed by atoms with Crippen molar-refractivity contribution in [2.75, 3.05) is 29.6 Å². The fraction of sp³-hybridized carbons (Fsp3) is 0.625. The van der Waals surface area contributed by atoms with Crippen LogP contribution in [0.25, 0.3) is 0 Å². The van der Waals surface area contributed by atoms with Crippen molar-refractivity contribution in [2.24, 2.45) is 0 Å². The van der Waals surface area contributed by atoms with Crippen molar-refractivity contribution in [2.45, 2.75) is 12.8 Å². The Labute approximate surface area is 92.5 Å². The van der Waals surface area contributed by atoms with Crippen molar-refractivity contribution in [1.29, 1.82) is 0 Å². The largest absolute Gasteiger partial charge is 0.396 e. The number of thioether (sulfide) groups is 1. The summed E-state index contributed by atoms with van der Waals surface area (Å²) in [6.07, 6.45) is 1.53. The molecule has 6 nitrogen and oxygen atoms in total. The topological polar surface area (TPSA) is 111 Å². The summed E-state index contributed by atoms with van der Waals surface area (Å²) in [4.78, 5) is 11.6. The summed E-state index contributed by atoms with van der Waals surface area (Å²) < 4.78 is 0. The van der Waals surface area contributed by atoms with Gasteiger partial charge in [0, 0.05) is 18.8 Å². The van der Waals surface area contributed by atoms with Gasteiger partial charge in [0.25, 0.3) is 0 Å². The zero-order valence-corrected chi connectivity index (χ0v) is 9.20. The van der Waals surface area contributed by atoms with E-state index in [0.717, 1.165) is 17.9 Å². The third-order valence-electron chi connectivity index (χ3n) is 1.63. The Morgan fingerprint density at radius 1 is 1.07 bits per heavy atom. The van der Waals surface area contributed by atoms with Crippen LogP contribution in [0.4, 0.5) is 11.9 Å². The highest BCUT2D eigenvalue weighted by molar-refractivity contribution is 7.99. The van der Waals surface area contributed by atoms with E-state index in [9.17, 15) is 0 Å². The van der Waals surface area contributed by atoms with Crippen LogP contribution in [-0.4, -0.2) is 38.2 Å². The van der Waals surface area contributed by atoms with Crippen LogP contribution in [0, 0.1) is 0 Å². The summed E-state index contributed by atoms with van der Waals surface area (Å²) in [7, 11) is 0. The van der Waals surface area contributed by atoms with E-state index in [1.165, 1.54) is 0 Å². The Balaban J connectivity index is 2.31. The second-order valence-electron chi connectivity index (χ2n) is 2.91. The minimum atomic E-state index is 0.165. The number of anilines is 2. The van der Waals surface area contributed by atoms with Gasteiger partial charge in [0.15, 0.2) is 0 Å². The molecule has 0 aliphatic heterocycles. The van der Waals surface area contributed by atoms with Gasteiger partial charge >= 0.3 is 0 Å². The molecule has 0 amide bonds. The average molecular weight is 229 g/mol. The van der Waals surface area contributed by atoms with Gasteiger partial charge in [-0.25, -0.2) is 0 Å². The van der Waals surface area contributed by atoms with E-state index in [-0.39, 0.29) is 18.5 Å². The van der Waals surface area contributed by atoms with Gasteiger partial charge < -0.3 is 16.6 Å². The Kier molecular flexibility index (Phi) is 5.13. The lowest BCUT2D eigenvalue weighted by Crippen LogP contribution is -2.07. The highest BCUT2D eigenvalue weighted by Crippen LogP contribution is 2.06. The van der Waals surface area contributed by atoms with Crippen molar-refractivity contribution in [3.05, 3.63) is 5.82 Å². The van der Waals surface area contributed by atoms with E-state index in [1.807, 2.05) is 0 Å². The van der Waals surface area contributed by atoms with Gasteiger partial charge in [0.1, 0.15) is 5.82 Å². The fourth-order valence-corrected chi connectivity index (χ4v) is 1.87. The third kappa shape index (κ3) is 4.80. The predicted molar refractivity (Wildman–Crippen MR) is 61.4 cm³/mol.